The molecule has 30 heavy (non-hydrogen) atoms. The van der Waals surface area contributed by atoms with Crippen molar-refractivity contribution in [2.45, 2.75) is 13.8 Å². The van der Waals surface area contributed by atoms with Gasteiger partial charge in [-0.2, -0.15) is 0 Å². The summed E-state index contributed by atoms with van der Waals surface area (Å²) in [4.78, 5) is 51.4. The van der Waals surface area contributed by atoms with Crippen LogP contribution in [0.2, 0.25) is 0 Å². The van der Waals surface area contributed by atoms with Crippen LogP contribution in [0.5, 0.6) is 0 Å². The van der Waals surface area contributed by atoms with Crippen LogP contribution in [0.15, 0.2) is 0 Å². The van der Waals surface area contributed by atoms with Gasteiger partial charge in [-0.1, -0.05) is 13.8 Å². The van der Waals surface area contributed by atoms with Gasteiger partial charge in [-0.25, -0.2) is 4.79 Å². The summed E-state index contributed by atoms with van der Waals surface area (Å²) in [5.74, 6) is -1.18. The summed E-state index contributed by atoms with van der Waals surface area (Å²) in [7, 11) is 1.53. The number of hydrogen-bond donors (Lipinski definition) is 3. The number of carbonyl (C=O) groups is 4. The number of rotatable bonds is 7. The lowest BCUT2D eigenvalue weighted by molar-refractivity contribution is -0.138. The molecule has 1 saturated heterocycles. The van der Waals surface area contributed by atoms with E-state index in [4.69, 9.17) is 9.84 Å². The number of aliphatic carboxylic acids is 1. The highest BCUT2D eigenvalue weighted by Crippen LogP contribution is 2.01. The van der Waals surface area contributed by atoms with E-state index in [1.807, 2.05) is 23.6 Å². The summed E-state index contributed by atoms with van der Waals surface area (Å²) in [5.41, 5.74) is 0. The van der Waals surface area contributed by atoms with Crippen LogP contribution in [-0.4, -0.2) is 133 Å². The molecule has 12 nitrogen and oxygen atoms in total. The maximum absolute atomic E-state index is 11.7. The molecule has 1 aliphatic rings. The molecular weight excluding hydrogens is 398 g/mol. The molecule has 0 spiro atoms. The van der Waals surface area contributed by atoms with Gasteiger partial charge in [0.05, 0.1) is 13.1 Å². The Hall–Kier alpha value is -2.44. The maximum Gasteiger partial charge on any atom is 0.407 e. The number of carbonyl (C=O) groups excluding carboxylic acids is 2. The maximum atomic E-state index is 11.7. The third-order valence-electron chi connectivity index (χ3n) is 4.44. The molecular formula is C18H35N5O7. The van der Waals surface area contributed by atoms with E-state index in [0.29, 0.717) is 39.2 Å². The molecule has 1 aliphatic heterocycles. The fourth-order valence-corrected chi connectivity index (χ4v) is 2.78. The Labute approximate surface area is 177 Å². The Kier molecular flexibility index (Phi) is 15.0. The average Bonchev–Trinajstić information content (AvgIpc) is 2.71. The lowest BCUT2D eigenvalue weighted by Gasteiger charge is -2.32. The minimum Gasteiger partial charge on any atom is -0.480 e. The van der Waals surface area contributed by atoms with Gasteiger partial charge < -0.3 is 25.2 Å². The highest BCUT2D eigenvalue weighted by Gasteiger charge is 2.20. The summed E-state index contributed by atoms with van der Waals surface area (Å²) in [6.07, 6.45) is -1.09. The van der Waals surface area contributed by atoms with E-state index < -0.39 is 12.1 Å². The zero-order valence-electron chi connectivity index (χ0n) is 18.1. The second-order valence-electron chi connectivity index (χ2n) is 6.40. The van der Waals surface area contributed by atoms with Crippen LogP contribution in [-0.2, 0) is 19.1 Å². The zero-order valence-corrected chi connectivity index (χ0v) is 18.1. The van der Waals surface area contributed by atoms with E-state index in [2.05, 4.69) is 5.32 Å². The number of carboxylic acid groups (broad SMARTS) is 2. The zero-order chi connectivity index (χ0) is 22.9. The summed E-state index contributed by atoms with van der Waals surface area (Å²) in [5, 5.41) is 21.0. The molecule has 174 valence electrons. The summed E-state index contributed by atoms with van der Waals surface area (Å²) in [6, 6.07) is 0. The van der Waals surface area contributed by atoms with E-state index in [9.17, 15) is 24.3 Å². The van der Waals surface area contributed by atoms with Gasteiger partial charge in [0.1, 0.15) is 6.73 Å². The number of nitrogens with zero attached hydrogens (tertiary/aromatic N) is 4. The lowest BCUT2D eigenvalue weighted by Crippen LogP contribution is -2.49. The average molecular weight is 434 g/mol. The smallest absolute Gasteiger partial charge is 0.407 e. The van der Waals surface area contributed by atoms with Crippen molar-refractivity contribution in [1.82, 2.24) is 24.9 Å². The Bertz CT molecular complexity index is 535. The molecule has 0 bridgehead atoms. The minimum atomic E-state index is -1.09. The standard InChI is InChI=1S/C16H29N5O7.C2H6/c1-17-14(23)10-18-2-4-20(12-28-13-22)5-3-19(11-15(24)25)7-9-21(8-6-18)16(26)27;1-2/h13H,2-12H2,1H3,(H,17,23)(H,24,25)(H,26,27);1-2H3. The van der Waals surface area contributed by atoms with Gasteiger partial charge in [0.15, 0.2) is 0 Å². The Morgan fingerprint density at radius 3 is 1.77 bits per heavy atom. The first-order valence-electron chi connectivity index (χ1n) is 9.98. The summed E-state index contributed by atoms with van der Waals surface area (Å²) in [6.45, 7) is 7.00. The van der Waals surface area contributed by atoms with Crippen LogP contribution in [0, 0.1) is 0 Å². The molecule has 12 heteroatoms. The molecule has 1 rings (SSSR count). The molecule has 0 saturated carbocycles. The molecule has 0 atom stereocenters. The first-order valence-corrected chi connectivity index (χ1v) is 9.98. The Morgan fingerprint density at radius 1 is 0.867 bits per heavy atom. The van der Waals surface area contributed by atoms with Gasteiger partial charge in [0.2, 0.25) is 5.91 Å². The predicted molar refractivity (Wildman–Crippen MR) is 109 cm³/mol. The summed E-state index contributed by atoms with van der Waals surface area (Å²) >= 11 is 0. The second kappa shape index (κ2) is 16.4. The molecule has 0 aromatic heterocycles. The topological polar surface area (TPSA) is 143 Å². The third kappa shape index (κ3) is 12.2. The molecule has 0 unspecified atom stereocenters. The number of amides is 2. The van der Waals surface area contributed by atoms with Crippen molar-refractivity contribution in [1.29, 1.82) is 0 Å². The number of hydrogen-bond acceptors (Lipinski definition) is 8. The van der Waals surface area contributed by atoms with E-state index >= 15 is 0 Å². The van der Waals surface area contributed by atoms with Gasteiger partial charge in [-0.15, -0.1) is 0 Å². The molecule has 2 amide bonds. The van der Waals surface area contributed by atoms with Crippen LogP contribution < -0.4 is 5.32 Å². The van der Waals surface area contributed by atoms with Crippen LogP contribution >= 0.6 is 0 Å². The Balaban J connectivity index is 0.00000407. The first kappa shape index (κ1) is 27.6. The van der Waals surface area contributed by atoms with E-state index in [-0.39, 0.29) is 45.4 Å². The van der Waals surface area contributed by atoms with Crippen LogP contribution in [0.3, 0.4) is 0 Å². The highest BCUT2D eigenvalue weighted by molar-refractivity contribution is 5.77. The van der Waals surface area contributed by atoms with Crippen molar-refractivity contribution < 1.29 is 34.1 Å². The van der Waals surface area contributed by atoms with Gasteiger partial charge in [-0.3, -0.25) is 29.1 Å². The number of nitrogens with one attached hydrogen (secondary N) is 1. The van der Waals surface area contributed by atoms with Crippen molar-refractivity contribution in [3.05, 3.63) is 0 Å². The van der Waals surface area contributed by atoms with E-state index in [0.717, 1.165) is 0 Å². The Morgan fingerprint density at radius 2 is 1.33 bits per heavy atom. The SMILES string of the molecule is CC.CNC(=O)CN1CCN(COC=O)CCN(CC(=O)O)CCN(C(=O)O)CC1. The van der Waals surface area contributed by atoms with Crippen molar-refractivity contribution >= 4 is 24.4 Å². The highest BCUT2D eigenvalue weighted by atomic mass is 16.5. The first-order chi connectivity index (χ1) is 14.3. The molecule has 1 heterocycles. The lowest BCUT2D eigenvalue weighted by atomic mass is 10.3. The number of ether oxygens (including phenoxy) is 1. The van der Waals surface area contributed by atoms with Gasteiger partial charge in [-0.05, 0) is 0 Å². The summed E-state index contributed by atoms with van der Waals surface area (Å²) < 4.78 is 4.83. The molecule has 0 aromatic rings. The largest absolute Gasteiger partial charge is 0.480 e. The monoisotopic (exact) mass is 433 g/mol. The predicted octanol–water partition coefficient (Wildman–Crippen LogP) is -1.13. The molecule has 0 aromatic carbocycles. The van der Waals surface area contributed by atoms with Crippen LogP contribution in [0.4, 0.5) is 4.79 Å². The number of carboxylic acids is 1. The number of likely N-dealkylation sites (N-methyl/N-ethyl adjacent to an activating group) is 1. The fourth-order valence-electron chi connectivity index (χ4n) is 2.78. The molecule has 1 fully saturated rings. The van der Waals surface area contributed by atoms with Crippen molar-refractivity contribution in [3.63, 3.8) is 0 Å². The fraction of sp³-hybridized carbons (Fsp3) is 0.778. The normalized spacial score (nSPS) is 17.5. The van der Waals surface area contributed by atoms with Gasteiger partial charge >= 0.3 is 12.1 Å². The van der Waals surface area contributed by atoms with Crippen LogP contribution in [0.25, 0.3) is 0 Å². The quantitative estimate of drug-likeness (QED) is 0.422. The van der Waals surface area contributed by atoms with Gasteiger partial charge in [0, 0.05) is 59.4 Å². The van der Waals surface area contributed by atoms with Crippen molar-refractivity contribution in [3.8, 4) is 0 Å². The third-order valence-corrected chi connectivity index (χ3v) is 4.44. The van der Waals surface area contributed by atoms with E-state index in [1.54, 1.807) is 4.90 Å². The second-order valence-corrected chi connectivity index (χ2v) is 6.40. The molecule has 0 radical (unpaired) electrons. The molecule has 3 N–H and O–H groups in total. The van der Waals surface area contributed by atoms with Crippen molar-refractivity contribution in [2.75, 3.05) is 79.2 Å². The van der Waals surface area contributed by atoms with Crippen molar-refractivity contribution in [2.24, 2.45) is 0 Å². The van der Waals surface area contributed by atoms with E-state index in [1.165, 1.54) is 11.9 Å². The molecule has 0 aliphatic carbocycles. The minimum absolute atomic E-state index is 0.0550. The van der Waals surface area contributed by atoms with Crippen LogP contribution in [0.1, 0.15) is 13.8 Å². The van der Waals surface area contributed by atoms with Gasteiger partial charge in [0.25, 0.3) is 6.47 Å².